The van der Waals surface area contributed by atoms with E-state index in [0.717, 1.165) is 10.9 Å². The maximum atomic E-state index is 6.39. The number of benzene rings is 1. The number of unbranched alkanes of at least 4 members (excludes halogenated alkanes) is 1. The average Bonchev–Trinajstić information content (AvgIpc) is 2.49. The molecule has 0 aliphatic heterocycles. The molecule has 0 aromatic heterocycles. The molecule has 0 bridgehead atoms. The lowest BCUT2D eigenvalue weighted by Crippen LogP contribution is -2.29. The van der Waals surface area contributed by atoms with Crippen LogP contribution in [0.5, 0.6) is 0 Å². The molecule has 1 aliphatic rings. The normalized spacial score (nSPS) is 24.0. The van der Waals surface area contributed by atoms with Gasteiger partial charge in [-0.2, -0.15) is 0 Å². The van der Waals surface area contributed by atoms with Gasteiger partial charge in [-0.15, -0.1) is 0 Å². The second kappa shape index (κ2) is 8.41. The van der Waals surface area contributed by atoms with E-state index in [-0.39, 0.29) is 0 Å². The van der Waals surface area contributed by atoms with Crippen molar-refractivity contribution < 1.29 is 0 Å². The van der Waals surface area contributed by atoms with Crippen molar-refractivity contribution in [3.8, 4) is 0 Å². The zero-order chi connectivity index (χ0) is 15.2. The molecule has 1 saturated carbocycles. The Morgan fingerprint density at radius 3 is 2.48 bits per heavy atom. The van der Waals surface area contributed by atoms with Crippen LogP contribution in [0.2, 0.25) is 10.0 Å². The van der Waals surface area contributed by atoms with E-state index >= 15 is 0 Å². The van der Waals surface area contributed by atoms with Gasteiger partial charge in [0.05, 0.1) is 0 Å². The third-order valence-electron chi connectivity index (χ3n) is 4.94. The van der Waals surface area contributed by atoms with Gasteiger partial charge in [-0.25, -0.2) is 0 Å². The summed E-state index contributed by atoms with van der Waals surface area (Å²) in [5.41, 5.74) is 1.19. The van der Waals surface area contributed by atoms with E-state index in [1.807, 2.05) is 19.2 Å². The SMILES string of the molecule is CCCCC1CCC(C(NC)c2ccc(Cl)cc2Cl)CC1. The van der Waals surface area contributed by atoms with Crippen LogP contribution in [0.1, 0.15) is 63.5 Å². The summed E-state index contributed by atoms with van der Waals surface area (Å²) in [6, 6.07) is 6.23. The third-order valence-corrected chi connectivity index (χ3v) is 5.50. The van der Waals surface area contributed by atoms with Gasteiger partial charge >= 0.3 is 0 Å². The van der Waals surface area contributed by atoms with E-state index in [4.69, 9.17) is 23.2 Å². The number of rotatable bonds is 6. The zero-order valence-corrected chi connectivity index (χ0v) is 14.7. The van der Waals surface area contributed by atoms with Crippen LogP contribution < -0.4 is 5.32 Å². The second-order valence-electron chi connectivity index (χ2n) is 6.36. The molecule has 0 saturated heterocycles. The van der Waals surface area contributed by atoms with Crippen molar-refractivity contribution in [3.05, 3.63) is 33.8 Å². The smallest absolute Gasteiger partial charge is 0.0468 e. The molecule has 0 spiro atoms. The van der Waals surface area contributed by atoms with Crippen molar-refractivity contribution in [2.24, 2.45) is 11.8 Å². The van der Waals surface area contributed by atoms with Crippen molar-refractivity contribution in [2.45, 2.75) is 57.9 Å². The van der Waals surface area contributed by atoms with Crippen LogP contribution in [0, 0.1) is 11.8 Å². The van der Waals surface area contributed by atoms with Gasteiger partial charge in [0.15, 0.2) is 0 Å². The largest absolute Gasteiger partial charge is 0.313 e. The quantitative estimate of drug-likeness (QED) is 0.651. The number of halogens is 2. The van der Waals surface area contributed by atoms with E-state index in [0.29, 0.717) is 17.0 Å². The Hall–Kier alpha value is -0.240. The Kier molecular flexibility index (Phi) is 6.85. The maximum absolute atomic E-state index is 6.39. The zero-order valence-electron chi connectivity index (χ0n) is 13.2. The van der Waals surface area contributed by atoms with Crippen molar-refractivity contribution in [3.63, 3.8) is 0 Å². The highest BCUT2D eigenvalue weighted by atomic mass is 35.5. The lowest BCUT2D eigenvalue weighted by Gasteiger charge is -2.34. The predicted molar refractivity (Wildman–Crippen MR) is 93.2 cm³/mol. The van der Waals surface area contributed by atoms with Crippen molar-refractivity contribution in [1.29, 1.82) is 0 Å². The lowest BCUT2D eigenvalue weighted by molar-refractivity contribution is 0.218. The van der Waals surface area contributed by atoms with Gasteiger partial charge in [0.25, 0.3) is 0 Å². The summed E-state index contributed by atoms with van der Waals surface area (Å²) in [6.45, 7) is 2.28. The number of hydrogen-bond donors (Lipinski definition) is 1. The lowest BCUT2D eigenvalue weighted by atomic mass is 9.75. The summed E-state index contributed by atoms with van der Waals surface area (Å²) in [6.07, 6.45) is 9.46. The molecule has 0 heterocycles. The minimum absolute atomic E-state index is 0.349. The summed E-state index contributed by atoms with van der Waals surface area (Å²) in [5, 5.41) is 4.98. The second-order valence-corrected chi connectivity index (χ2v) is 7.20. The highest BCUT2D eigenvalue weighted by Gasteiger charge is 2.28. The van der Waals surface area contributed by atoms with Crippen LogP contribution in [0.15, 0.2) is 18.2 Å². The Labute approximate surface area is 139 Å². The highest BCUT2D eigenvalue weighted by Crippen LogP contribution is 2.40. The molecular formula is C18H27Cl2N. The van der Waals surface area contributed by atoms with Crippen LogP contribution in [-0.4, -0.2) is 7.05 Å². The molecule has 1 aromatic rings. The molecule has 1 N–H and O–H groups in total. The number of nitrogens with one attached hydrogen (secondary N) is 1. The topological polar surface area (TPSA) is 12.0 Å². The summed E-state index contributed by atoms with van der Waals surface area (Å²) < 4.78 is 0. The summed E-state index contributed by atoms with van der Waals surface area (Å²) in [4.78, 5) is 0. The van der Waals surface area contributed by atoms with E-state index in [9.17, 15) is 0 Å². The molecule has 118 valence electrons. The Balaban J connectivity index is 1.99. The molecule has 1 nitrogen and oxygen atoms in total. The fourth-order valence-corrected chi connectivity index (χ4v) is 4.23. The first-order chi connectivity index (χ1) is 10.2. The molecule has 21 heavy (non-hydrogen) atoms. The molecule has 1 unspecified atom stereocenters. The van der Waals surface area contributed by atoms with Gasteiger partial charge in [-0.1, -0.05) is 68.3 Å². The van der Waals surface area contributed by atoms with E-state index in [1.54, 1.807) is 0 Å². The van der Waals surface area contributed by atoms with E-state index < -0.39 is 0 Å². The Morgan fingerprint density at radius 2 is 1.90 bits per heavy atom. The fourth-order valence-electron chi connectivity index (χ4n) is 3.70. The Bertz CT molecular complexity index is 439. The van der Waals surface area contributed by atoms with Crippen LogP contribution in [-0.2, 0) is 0 Å². The van der Waals surface area contributed by atoms with Crippen LogP contribution in [0.25, 0.3) is 0 Å². The first-order valence-corrected chi connectivity index (χ1v) is 9.03. The summed E-state index contributed by atoms with van der Waals surface area (Å²) >= 11 is 12.4. The first kappa shape index (κ1) is 17.1. The minimum atomic E-state index is 0.349. The van der Waals surface area contributed by atoms with Gasteiger partial charge in [-0.05, 0) is 49.4 Å². The van der Waals surface area contributed by atoms with Gasteiger partial charge in [-0.3, -0.25) is 0 Å². The predicted octanol–water partition coefficient (Wildman–Crippen LogP) is 6.25. The summed E-state index contributed by atoms with van der Waals surface area (Å²) in [7, 11) is 2.04. The van der Waals surface area contributed by atoms with Gasteiger partial charge in [0, 0.05) is 16.1 Å². The van der Waals surface area contributed by atoms with Crippen molar-refractivity contribution >= 4 is 23.2 Å². The average molecular weight is 328 g/mol. The molecule has 1 atom stereocenters. The molecule has 2 rings (SSSR count). The molecule has 0 radical (unpaired) electrons. The number of hydrogen-bond acceptors (Lipinski definition) is 1. The van der Waals surface area contributed by atoms with Gasteiger partial charge < -0.3 is 5.32 Å². The fraction of sp³-hybridized carbons (Fsp3) is 0.667. The molecule has 1 fully saturated rings. The Morgan fingerprint density at radius 1 is 1.19 bits per heavy atom. The molecule has 1 aliphatic carbocycles. The molecular weight excluding hydrogens is 301 g/mol. The van der Waals surface area contributed by atoms with Gasteiger partial charge in [0.2, 0.25) is 0 Å². The monoisotopic (exact) mass is 327 g/mol. The van der Waals surface area contributed by atoms with Crippen molar-refractivity contribution in [1.82, 2.24) is 5.32 Å². The summed E-state index contributed by atoms with van der Waals surface area (Å²) in [5.74, 6) is 1.63. The third kappa shape index (κ3) is 4.61. The van der Waals surface area contributed by atoms with Crippen molar-refractivity contribution in [2.75, 3.05) is 7.05 Å². The highest BCUT2D eigenvalue weighted by molar-refractivity contribution is 6.35. The van der Waals surface area contributed by atoms with Crippen LogP contribution in [0.4, 0.5) is 0 Å². The molecule has 1 aromatic carbocycles. The minimum Gasteiger partial charge on any atom is -0.313 e. The van der Waals surface area contributed by atoms with Crippen LogP contribution in [0.3, 0.4) is 0 Å². The van der Waals surface area contributed by atoms with E-state index in [2.05, 4.69) is 18.3 Å². The first-order valence-electron chi connectivity index (χ1n) is 8.28. The standard InChI is InChI=1S/C18H27Cl2N/c1-3-4-5-13-6-8-14(9-7-13)18(21-2)16-11-10-15(19)12-17(16)20/h10-14,18,21H,3-9H2,1-2H3. The molecule has 3 heteroatoms. The maximum Gasteiger partial charge on any atom is 0.0468 e. The van der Waals surface area contributed by atoms with E-state index in [1.165, 1.54) is 50.5 Å². The van der Waals surface area contributed by atoms with Gasteiger partial charge in [0.1, 0.15) is 0 Å². The molecule has 0 amide bonds. The van der Waals surface area contributed by atoms with Crippen LogP contribution >= 0.6 is 23.2 Å².